The van der Waals surface area contributed by atoms with Crippen LogP contribution in [0, 0.1) is 0 Å². The molecule has 1 aromatic heterocycles. The molecule has 2 rings (SSSR count). The van der Waals surface area contributed by atoms with E-state index in [9.17, 15) is 8.42 Å². The van der Waals surface area contributed by atoms with Crippen LogP contribution in [-0.2, 0) is 37.1 Å². The van der Waals surface area contributed by atoms with Crippen molar-refractivity contribution < 1.29 is 22.6 Å². The number of halogens is 1. The Morgan fingerprint density at radius 3 is 2.22 bits per heavy atom. The molecule has 1 saturated heterocycles. The van der Waals surface area contributed by atoms with E-state index in [2.05, 4.69) is 10.3 Å². The predicted molar refractivity (Wildman–Crippen MR) is 100 cm³/mol. The van der Waals surface area contributed by atoms with Crippen molar-refractivity contribution in [1.82, 2.24) is 19.9 Å². The Balaban J connectivity index is 1.59. The van der Waals surface area contributed by atoms with Crippen molar-refractivity contribution in [3.63, 3.8) is 0 Å². The molecule has 27 heavy (non-hydrogen) atoms. The summed E-state index contributed by atoms with van der Waals surface area (Å²) in [5, 5.41) is 8.59. The molecule has 1 aromatic rings. The smallest absolute Gasteiger partial charge is 0.152 e. The van der Waals surface area contributed by atoms with Crippen LogP contribution in [0.3, 0.4) is 0 Å². The Kier molecular flexibility index (Phi) is 9.90. The summed E-state index contributed by atoms with van der Waals surface area (Å²) in [6.45, 7) is 5.45. The molecule has 156 valence electrons. The molecular formula is C15H28ClN5O5S. The van der Waals surface area contributed by atoms with E-state index < -0.39 is 9.84 Å². The largest absolute Gasteiger partial charge is 0.378 e. The van der Waals surface area contributed by atoms with Crippen molar-refractivity contribution >= 4 is 21.4 Å². The molecule has 0 bridgehead atoms. The lowest BCUT2D eigenvalue weighted by atomic mass is 10.4. The molecule has 0 aromatic carbocycles. The first kappa shape index (κ1) is 22.5. The second-order valence-corrected chi connectivity index (χ2v) is 8.77. The highest BCUT2D eigenvalue weighted by atomic mass is 35.5. The predicted octanol–water partition coefficient (Wildman–Crippen LogP) is -0.830. The fourth-order valence-corrected chi connectivity index (χ4v) is 3.97. The number of nitrogens with two attached hydrogens (primary N) is 1. The highest BCUT2D eigenvalue weighted by Gasteiger charge is 2.23. The third-order valence-electron chi connectivity index (χ3n) is 4.00. The minimum Gasteiger partial charge on any atom is -0.378 e. The van der Waals surface area contributed by atoms with Crippen LogP contribution in [0.5, 0.6) is 0 Å². The van der Waals surface area contributed by atoms with Crippen molar-refractivity contribution in [3.05, 3.63) is 10.8 Å². The molecule has 0 unspecified atom stereocenters. The summed E-state index contributed by atoms with van der Waals surface area (Å²) in [6.07, 6.45) is 0. The van der Waals surface area contributed by atoms with Gasteiger partial charge in [-0.05, 0) is 0 Å². The van der Waals surface area contributed by atoms with Crippen LogP contribution in [0.25, 0.3) is 0 Å². The van der Waals surface area contributed by atoms with E-state index in [-0.39, 0.29) is 11.5 Å². The summed E-state index contributed by atoms with van der Waals surface area (Å²) in [4.78, 5) is 2.02. The summed E-state index contributed by atoms with van der Waals surface area (Å²) < 4.78 is 40.6. The molecule has 10 nitrogen and oxygen atoms in total. The number of nitrogens with zero attached hydrogens (tertiary/aromatic N) is 4. The zero-order valence-corrected chi connectivity index (χ0v) is 17.0. The summed E-state index contributed by atoms with van der Waals surface area (Å²) in [5.74, 6) is 0.349. The molecule has 1 aliphatic heterocycles. The first-order valence-corrected chi connectivity index (χ1v) is 11.2. The van der Waals surface area contributed by atoms with E-state index in [1.165, 1.54) is 0 Å². The zero-order chi connectivity index (χ0) is 19.5. The van der Waals surface area contributed by atoms with Crippen LogP contribution in [0.2, 0.25) is 5.15 Å². The van der Waals surface area contributed by atoms with Crippen LogP contribution in [0.4, 0.5) is 0 Å². The molecule has 1 aliphatic rings. The van der Waals surface area contributed by atoms with Gasteiger partial charge in [-0.2, -0.15) is 0 Å². The first-order valence-electron chi connectivity index (χ1n) is 8.96. The van der Waals surface area contributed by atoms with Crippen LogP contribution in [0.1, 0.15) is 5.69 Å². The van der Waals surface area contributed by atoms with Gasteiger partial charge in [0.15, 0.2) is 15.0 Å². The maximum atomic E-state index is 11.5. The SMILES string of the molecule is NCCOCCOCCOCCn1nnc(CN2CCS(=O)(=O)CC2)c1Cl. The van der Waals surface area contributed by atoms with Gasteiger partial charge in [-0.25, -0.2) is 13.1 Å². The molecule has 12 heteroatoms. The lowest BCUT2D eigenvalue weighted by Gasteiger charge is -2.25. The third-order valence-corrected chi connectivity index (χ3v) is 6.02. The number of hydrogen-bond acceptors (Lipinski definition) is 9. The van der Waals surface area contributed by atoms with Gasteiger partial charge in [0.2, 0.25) is 0 Å². The van der Waals surface area contributed by atoms with Crippen LogP contribution in [-0.4, -0.2) is 99.1 Å². The van der Waals surface area contributed by atoms with E-state index in [0.29, 0.717) is 83.2 Å². The van der Waals surface area contributed by atoms with Crippen molar-refractivity contribution in [2.75, 3.05) is 70.8 Å². The number of ether oxygens (including phenoxy) is 3. The summed E-state index contributed by atoms with van der Waals surface area (Å²) >= 11 is 6.31. The topological polar surface area (TPSA) is 122 Å². The van der Waals surface area contributed by atoms with Crippen LogP contribution in [0.15, 0.2) is 0 Å². The fourth-order valence-electron chi connectivity index (χ4n) is 2.47. The number of sulfone groups is 1. The molecule has 0 spiro atoms. The Bertz CT molecular complexity index is 643. The average Bonchev–Trinajstić information content (AvgIpc) is 2.98. The van der Waals surface area contributed by atoms with Gasteiger partial charge in [0.25, 0.3) is 0 Å². The normalized spacial score (nSPS) is 17.4. The summed E-state index contributed by atoms with van der Waals surface area (Å²) in [6, 6.07) is 0. The second kappa shape index (κ2) is 11.9. The Labute approximate surface area is 164 Å². The maximum absolute atomic E-state index is 11.5. The van der Waals surface area contributed by atoms with Gasteiger partial charge in [-0.1, -0.05) is 16.8 Å². The summed E-state index contributed by atoms with van der Waals surface area (Å²) in [5.41, 5.74) is 5.96. The molecule has 0 saturated carbocycles. The van der Waals surface area contributed by atoms with Crippen molar-refractivity contribution in [2.24, 2.45) is 5.73 Å². The highest BCUT2D eigenvalue weighted by molar-refractivity contribution is 7.91. The number of hydrogen-bond donors (Lipinski definition) is 1. The standard InChI is InChI=1S/C15H28ClN5O5S/c16-15-14(13-20-3-11-27(22,23)12-4-20)18-19-21(15)2-6-25-8-10-26-9-7-24-5-1-17/h1-13,17H2. The molecule has 0 radical (unpaired) electrons. The first-order chi connectivity index (χ1) is 13.0. The minimum absolute atomic E-state index is 0.174. The van der Waals surface area contributed by atoms with Crippen molar-refractivity contribution in [3.8, 4) is 0 Å². The molecule has 0 aliphatic carbocycles. The van der Waals surface area contributed by atoms with E-state index in [4.69, 9.17) is 31.5 Å². The third kappa shape index (κ3) is 8.38. The minimum atomic E-state index is -2.90. The fraction of sp³-hybridized carbons (Fsp3) is 0.867. The number of aromatic nitrogens is 3. The monoisotopic (exact) mass is 425 g/mol. The van der Waals surface area contributed by atoms with Gasteiger partial charge >= 0.3 is 0 Å². The molecule has 1 fully saturated rings. The lowest BCUT2D eigenvalue weighted by molar-refractivity contribution is 0.0141. The van der Waals surface area contributed by atoms with E-state index in [1.807, 2.05) is 4.90 Å². The molecular weight excluding hydrogens is 398 g/mol. The molecule has 2 N–H and O–H groups in total. The summed E-state index contributed by atoms with van der Waals surface area (Å²) in [7, 11) is -2.90. The lowest BCUT2D eigenvalue weighted by Crippen LogP contribution is -2.39. The van der Waals surface area contributed by atoms with Gasteiger partial charge in [0.05, 0.1) is 57.7 Å². The highest BCUT2D eigenvalue weighted by Crippen LogP contribution is 2.16. The molecule has 0 amide bonds. The average molecular weight is 426 g/mol. The van der Waals surface area contributed by atoms with E-state index in [1.54, 1.807) is 4.68 Å². The van der Waals surface area contributed by atoms with E-state index >= 15 is 0 Å². The van der Waals surface area contributed by atoms with Gasteiger partial charge < -0.3 is 19.9 Å². The Morgan fingerprint density at radius 2 is 1.59 bits per heavy atom. The van der Waals surface area contributed by atoms with Crippen molar-refractivity contribution in [2.45, 2.75) is 13.1 Å². The molecule has 2 heterocycles. The van der Waals surface area contributed by atoms with Crippen LogP contribution < -0.4 is 5.73 Å². The Hall–Kier alpha value is -0.820. The van der Waals surface area contributed by atoms with Gasteiger partial charge in [0.1, 0.15) is 5.69 Å². The van der Waals surface area contributed by atoms with Crippen LogP contribution >= 0.6 is 11.6 Å². The van der Waals surface area contributed by atoms with Gasteiger partial charge in [-0.15, -0.1) is 5.10 Å². The van der Waals surface area contributed by atoms with Crippen molar-refractivity contribution in [1.29, 1.82) is 0 Å². The maximum Gasteiger partial charge on any atom is 0.152 e. The molecule has 0 atom stereocenters. The Morgan fingerprint density at radius 1 is 1.00 bits per heavy atom. The van der Waals surface area contributed by atoms with Gasteiger partial charge in [-0.3, -0.25) is 4.90 Å². The zero-order valence-electron chi connectivity index (χ0n) is 15.4. The van der Waals surface area contributed by atoms with Gasteiger partial charge in [0, 0.05) is 26.2 Å². The second-order valence-electron chi connectivity index (χ2n) is 6.10. The quantitative estimate of drug-likeness (QED) is 0.403. The number of rotatable bonds is 13. The van der Waals surface area contributed by atoms with E-state index in [0.717, 1.165) is 0 Å².